The van der Waals surface area contributed by atoms with Crippen LogP contribution in [0.5, 0.6) is 0 Å². The van der Waals surface area contributed by atoms with Gasteiger partial charge in [0.1, 0.15) is 4.91 Å². The van der Waals surface area contributed by atoms with Crippen LogP contribution >= 0.6 is 15.9 Å². The van der Waals surface area contributed by atoms with Crippen molar-refractivity contribution < 1.29 is 30.7 Å². The van der Waals surface area contributed by atoms with Gasteiger partial charge in [0.15, 0.2) is 0 Å². The molecule has 11 heteroatoms. The molecule has 136 valence electrons. The molecular formula is C14H16BrN2O6S2+. The molecule has 1 heterocycles. The highest BCUT2D eigenvalue weighted by atomic mass is 79.9. The van der Waals surface area contributed by atoms with Gasteiger partial charge >= 0.3 is 15.9 Å². The Labute approximate surface area is 154 Å². The van der Waals surface area contributed by atoms with Crippen LogP contribution in [0, 0.1) is 0 Å². The zero-order valence-electron chi connectivity index (χ0n) is 13.2. The Hall–Kier alpha value is -1.53. The molecule has 1 unspecified atom stereocenters. The van der Waals surface area contributed by atoms with Crippen LogP contribution in [0.25, 0.3) is 0 Å². The molecule has 0 saturated carbocycles. The third-order valence-electron chi connectivity index (χ3n) is 3.85. The average molecular weight is 452 g/mol. The quantitative estimate of drug-likeness (QED) is 0.400. The van der Waals surface area contributed by atoms with Crippen molar-refractivity contribution in [1.82, 2.24) is 5.48 Å². The van der Waals surface area contributed by atoms with Gasteiger partial charge in [0.25, 0.3) is 0 Å². The lowest BCUT2D eigenvalue weighted by molar-refractivity contribution is -0.772. The van der Waals surface area contributed by atoms with E-state index in [0.29, 0.717) is 4.47 Å². The van der Waals surface area contributed by atoms with E-state index in [1.54, 1.807) is 0 Å². The Balaban J connectivity index is 2.73. The fourth-order valence-corrected chi connectivity index (χ4v) is 5.51. The second-order valence-corrected chi connectivity index (χ2v) is 10.8. The van der Waals surface area contributed by atoms with E-state index in [0.717, 1.165) is 17.6 Å². The number of amides is 1. The predicted molar refractivity (Wildman–Crippen MR) is 93.3 cm³/mol. The SMILES string of the molecule is C[N+]1(C)C(C(=O)NO)C(S(=O)(=O)c2ccc(Br)cc2)=CC=CS1(=O)=O. The van der Waals surface area contributed by atoms with Crippen molar-refractivity contribution >= 4 is 41.7 Å². The van der Waals surface area contributed by atoms with Crippen molar-refractivity contribution in [2.75, 3.05) is 14.1 Å². The van der Waals surface area contributed by atoms with Gasteiger partial charge in [-0.2, -0.15) is 8.42 Å². The number of benzene rings is 1. The van der Waals surface area contributed by atoms with Crippen LogP contribution in [0.2, 0.25) is 0 Å². The molecule has 0 saturated heterocycles. The molecule has 0 fully saturated rings. The minimum absolute atomic E-state index is 0.106. The van der Waals surface area contributed by atoms with E-state index in [9.17, 15) is 21.6 Å². The topological polar surface area (TPSA) is 118 Å². The van der Waals surface area contributed by atoms with Crippen LogP contribution in [-0.4, -0.2) is 52.0 Å². The number of likely N-dealkylation sites (N-methyl/N-ethyl adjacent to an activating group) is 1. The van der Waals surface area contributed by atoms with Crippen LogP contribution < -0.4 is 5.48 Å². The fourth-order valence-electron chi connectivity index (χ4n) is 2.39. The lowest BCUT2D eigenvalue weighted by Crippen LogP contribution is -2.59. The number of rotatable bonds is 3. The Morgan fingerprint density at radius 2 is 1.80 bits per heavy atom. The Morgan fingerprint density at radius 3 is 2.32 bits per heavy atom. The lowest BCUT2D eigenvalue weighted by atomic mass is 10.2. The molecule has 2 rings (SSSR count). The summed E-state index contributed by atoms with van der Waals surface area (Å²) in [7, 11) is -5.86. The number of hydrogen-bond acceptors (Lipinski definition) is 6. The van der Waals surface area contributed by atoms with Crippen LogP contribution in [0.4, 0.5) is 0 Å². The maximum absolute atomic E-state index is 13.0. The Kier molecular flexibility index (Phi) is 5.26. The second-order valence-electron chi connectivity index (χ2n) is 5.68. The summed E-state index contributed by atoms with van der Waals surface area (Å²) in [4.78, 5) is 11.6. The van der Waals surface area contributed by atoms with Crippen molar-refractivity contribution in [3.05, 3.63) is 51.2 Å². The summed E-state index contributed by atoms with van der Waals surface area (Å²) in [5.74, 6) is -1.15. The molecule has 1 aliphatic rings. The first-order chi connectivity index (χ1) is 11.4. The first kappa shape index (κ1) is 19.8. The summed E-state index contributed by atoms with van der Waals surface area (Å²) in [6.07, 6.45) is 2.12. The molecule has 0 aliphatic carbocycles. The minimum Gasteiger partial charge on any atom is -0.288 e. The van der Waals surface area contributed by atoms with Crippen molar-refractivity contribution in [3.63, 3.8) is 0 Å². The molecule has 8 nitrogen and oxygen atoms in total. The highest BCUT2D eigenvalue weighted by Gasteiger charge is 2.51. The summed E-state index contributed by atoms with van der Waals surface area (Å²) in [6, 6.07) is 3.99. The summed E-state index contributed by atoms with van der Waals surface area (Å²) in [5.41, 5.74) is 1.36. The highest BCUT2D eigenvalue weighted by Crippen LogP contribution is 2.32. The zero-order chi connectivity index (χ0) is 19.0. The molecule has 0 aromatic heterocycles. The van der Waals surface area contributed by atoms with Gasteiger partial charge in [-0.25, -0.2) is 17.8 Å². The fraction of sp³-hybridized carbons (Fsp3) is 0.214. The lowest BCUT2D eigenvalue weighted by Gasteiger charge is -2.33. The first-order valence-electron chi connectivity index (χ1n) is 6.87. The van der Waals surface area contributed by atoms with Crippen LogP contribution in [-0.2, 0) is 24.7 Å². The minimum atomic E-state index is -4.19. The Morgan fingerprint density at radius 1 is 1.24 bits per heavy atom. The van der Waals surface area contributed by atoms with Gasteiger partial charge in [-0.05, 0) is 36.4 Å². The zero-order valence-corrected chi connectivity index (χ0v) is 16.5. The third kappa shape index (κ3) is 3.42. The second kappa shape index (κ2) is 6.65. The van der Waals surface area contributed by atoms with Gasteiger partial charge in [-0.15, -0.1) is 0 Å². The molecule has 2 N–H and O–H groups in total. The molecule has 0 bridgehead atoms. The summed E-state index contributed by atoms with van der Waals surface area (Å²) >= 11 is 3.20. The summed E-state index contributed by atoms with van der Waals surface area (Å²) in [5, 5.41) is 9.85. The maximum atomic E-state index is 13.0. The number of nitrogens with one attached hydrogen (secondary N) is 1. The standard InChI is InChI=1S/C14H15BrN2O6S2/c1-17(2)13(14(18)16-19)12(4-3-9-24(17,20)21)25(22,23)11-7-5-10(15)6-8-11/h3-9,13H,1-2H3,(H-,16,18,19)/p+1. The summed E-state index contributed by atoms with van der Waals surface area (Å²) in [6.45, 7) is 0. The number of hydroxylamine groups is 1. The van der Waals surface area contributed by atoms with Gasteiger partial charge in [-0.1, -0.05) is 15.9 Å². The number of carbonyl (C=O) groups excluding carboxylic acids is 1. The van der Waals surface area contributed by atoms with E-state index >= 15 is 0 Å². The number of sulfone groups is 1. The predicted octanol–water partition coefficient (Wildman–Crippen LogP) is 0.914. The van der Waals surface area contributed by atoms with Gasteiger partial charge in [0.2, 0.25) is 15.9 Å². The van der Waals surface area contributed by atoms with Gasteiger partial charge in [-0.3, -0.25) is 10.0 Å². The van der Waals surface area contributed by atoms with E-state index in [1.165, 1.54) is 43.8 Å². The van der Waals surface area contributed by atoms with E-state index in [1.807, 2.05) is 0 Å². The number of sulfonamides is 1. The molecule has 1 amide bonds. The molecule has 0 spiro atoms. The van der Waals surface area contributed by atoms with Gasteiger partial charge in [0.05, 0.1) is 24.4 Å². The average Bonchev–Trinajstić information content (AvgIpc) is 2.62. The van der Waals surface area contributed by atoms with Crippen LogP contribution in [0.15, 0.2) is 56.1 Å². The third-order valence-corrected chi connectivity index (χ3v) is 8.28. The smallest absolute Gasteiger partial charge is 0.288 e. The highest BCUT2D eigenvalue weighted by molar-refractivity contribution is 9.10. The monoisotopic (exact) mass is 451 g/mol. The van der Waals surface area contributed by atoms with Gasteiger partial charge < -0.3 is 0 Å². The van der Waals surface area contributed by atoms with Crippen molar-refractivity contribution in [2.24, 2.45) is 0 Å². The van der Waals surface area contributed by atoms with E-state index < -0.39 is 40.6 Å². The number of nitrogens with zero attached hydrogens (tertiary/aromatic N) is 1. The number of quaternary nitrogens is 1. The summed E-state index contributed by atoms with van der Waals surface area (Å²) < 4.78 is 50.4. The molecule has 1 atom stereocenters. The van der Waals surface area contributed by atoms with E-state index in [4.69, 9.17) is 5.21 Å². The van der Waals surface area contributed by atoms with Gasteiger partial charge in [0, 0.05) is 4.47 Å². The molecule has 1 aliphatic heterocycles. The van der Waals surface area contributed by atoms with Crippen molar-refractivity contribution in [2.45, 2.75) is 10.9 Å². The number of hydrogen-bond donors (Lipinski definition) is 2. The van der Waals surface area contributed by atoms with Crippen molar-refractivity contribution in [3.8, 4) is 0 Å². The van der Waals surface area contributed by atoms with Crippen molar-refractivity contribution in [1.29, 1.82) is 0 Å². The molecule has 1 aromatic carbocycles. The van der Waals surface area contributed by atoms with E-state index in [-0.39, 0.29) is 4.90 Å². The first-order valence-corrected chi connectivity index (χ1v) is 10.6. The number of halogens is 1. The number of carbonyl (C=O) groups is 1. The Bertz CT molecular complexity index is 963. The molecule has 1 aromatic rings. The largest absolute Gasteiger partial charge is 0.320 e. The van der Waals surface area contributed by atoms with Crippen LogP contribution in [0.1, 0.15) is 0 Å². The molecule has 25 heavy (non-hydrogen) atoms. The normalized spacial score (nSPS) is 21.9. The molecule has 0 radical (unpaired) electrons. The maximum Gasteiger partial charge on any atom is 0.320 e. The number of allylic oxidation sites excluding steroid dienone is 2. The van der Waals surface area contributed by atoms with E-state index in [2.05, 4.69) is 15.9 Å². The van der Waals surface area contributed by atoms with Crippen LogP contribution in [0.3, 0.4) is 0 Å². The molecular weight excluding hydrogens is 436 g/mol.